The van der Waals surface area contributed by atoms with Gasteiger partial charge in [-0.3, -0.25) is 0 Å². The lowest BCUT2D eigenvalue weighted by Crippen LogP contribution is -2.38. The fourth-order valence-corrected chi connectivity index (χ4v) is 3.16. The van der Waals surface area contributed by atoms with E-state index in [4.69, 9.17) is 0 Å². The molecule has 1 aliphatic rings. The molecule has 0 amide bonds. The topological polar surface area (TPSA) is 15.3 Å². The van der Waals surface area contributed by atoms with E-state index in [1.54, 1.807) is 12.1 Å². The molecule has 1 fully saturated rings. The number of rotatable bonds is 7. The van der Waals surface area contributed by atoms with Crippen LogP contribution in [0.5, 0.6) is 0 Å². The molecule has 1 atom stereocenters. The highest BCUT2D eigenvalue weighted by atomic mass is 19.2. The van der Waals surface area contributed by atoms with Crippen molar-refractivity contribution in [2.24, 2.45) is 0 Å². The normalized spacial score (nSPS) is 17.6. The molecule has 0 saturated heterocycles. The Kier molecular flexibility index (Phi) is 6.12. The smallest absolute Gasteiger partial charge is 0.163 e. The van der Waals surface area contributed by atoms with Crippen LogP contribution in [0.4, 0.5) is 8.78 Å². The van der Waals surface area contributed by atoms with Crippen LogP contribution in [-0.4, -0.2) is 31.1 Å². The first kappa shape index (κ1) is 16.4. The summed E-state index contributed by atoms with van der Waals surface area (Å²) < 4.78 is 27.6. The Bertz CT molecular complexity index is 444. The van der Waals surface area contributed by atoms with Gasteiger partial charge in [0.25, 0.3) is 0 Å². The minimum absolute atomic E-state index is 0.161. The second kappa shape index (κ2) is 7.85. The molecule has 0 spiro atoms. The molecule has 0 heterocycles. The van der Waals surface area contributed by atoms with Gasteiger partial charge in [-0.15, -0.1) is 0 Å². The molecule has 4 heteroatoms. The molecule has 1 aromatic rings. The Morgan fingerprint density at radius 2 is 2.00 bits per heavy atom. The number of benzene rings is 1. The lowest BCUT2D eigenvalue weighted by atomic mass is 10.0. The quantitative estimate of drug-likeness (QED) is 0.821. The van der Waals surface area contributed by atoms with Crippen molar-refractivity contribution in [1.82, 2.24) is 10.2 Å². The minimum Gasteiger partial charge on any atom is -0.309 e. The van der Waals surface area contributed by atoms with Gasteiger partial charge in [0.15, 0.2) is 11.6 Å². The highest BCUT2D eigenvalue weighted by Gasteiger charge is 2.24. The molecule has 1 aliphatic carbocycles. The maximum absolute atomic E-state index is 14.1. The van der Waals surface area contributed by atoms with Gasteiger partial charge in [0.05, 0.1) is 0 Å². The number of hydrogen-bond donors (Lipinski definition) is 1. The van der Waals surface area contributed by atoms with Crippen LogP contribution in [-0.2, 0) is 0 Å². The zero-order chi connectivity index (χ0) is 15.2. The van der Waals surface area contributed by atoms with Crippen LogP contribution in [0, 0.1) is 11.6 Å². The molecule has 0 radical (unpaired) electrons. The van der Waals surface area contributed by atoms with E-state index >= 15 is 0 Å². The lowest BCUT2D eigenvalue weighted by Gasteiger charge is -2.30. The first-order valence-electron chi connectivity index (χ1n) is 8.01. The molecule has 2 nitrogen and oxygen atoms in total. The Morgan fingerprint density at radius 3 is 2.67 bits per heavy atom. The van der Waals surface area contributed by atoms with Crippen LogP contribution in [0.15, 0.2) is 18.2 Å². The molecular weight excluding hydrogens is 270 g/mol. The van der Waals surface area contributed by atoms with Crippen molar-refractivity contribution in [3.8, 4) is 0 Å². The third-order valence-electron chi connectivity index (χ3n) is 4.42. The van der Waals surface area contributed by atoms with Gasteiger partial charge < -0.3 is 10.2 Å². The SMILES string of the molecule is CCCNC(CN(C)C1CCCC1)c1cccc(F)c1F. The van der Waals surface area contributed by atoms with Crippen molar-refractivity contribution in [2.45, 2.75) is 51.1 Å². The van der Waals surface area contributed by atoms with E-state index in [9.17, 15) is 8.78 Å². The standard InChI is InChI=1S/C17H26F2N2/c1-3-11-20-16(12-21(2)13-7-4-5-8-13)14-9-6-10-15(18)17(14)19/h6,9-10,13,16,20H,3-5,7-8,11-12H2,1-2H3. The minimum atomic E-state index is -0.765. The van der Waals surface area contributed by atoms with Crippen LogP contribution in [0.2, 0.25) is 0 Å². The van der Waals surface area contributed by atoms with Crippen LogP contribution in [0.25, 0.3) is 0 Å². The van der Waals surface area contributed by atoms with Gasteiger partial charge in [-0.05, 0) is 38.9 Å². The van der Waals surface area contributed by atoms with Crippen molar-refractivity contribution in [3.05, 3.63) is 35.4 Å². The summed E-state index contributed by atoms with van der Waals surface area (Å²) in [6.45, 7) is 3.59. The zero-order valence-corrected chi connectivity index (χ0v) is 13.0. The van der Waals surface area contributed by atoms with Gasteiger partial charge in [-0.25, -0.2) is 8.78 Å². The lowest BCUT2D eigenvalue weighted by molar-refractivity contribution is 0.217. The van der Waals surface area contributed by atoms with E-state index in [1.807, 2.05) is 0 Å². The summed E-state index contributed by atoms with van der Waals surface area (Å²) in [5, 5.41) is 3.36. The highest BCUT2D eigenvalue weighted by molar-refractivity contribution is 5.23. The average molecular weight is 296 g/mol. The summed E-state index contributed by atoms with van der Waals surface area (Å²) >= 11 is 0. The number of likely N-dealkylation sites (N-methyl/N-ethyl adjacent to an activating group) is 1. The second-order valence-corrected chi connectivity index (χ2v) is 6.03. The molecule has 118 valence electrons. The molecule has 1 saturated carbocycles. The molecule has 1 N–H and O–H groups in total. The van der Waals surface area contributed by atoms with Gasteiger partial charge in [0, 0.05) is 24.2 Å². The van der Waals surface area contributed by atoms with Gasteiger partial charge in [-0.1, -0.05) is 31.9 Å². The monoisotopic (exact) mass is 296 g/mol. The van der Waals surface area contributed by atoms with E-state index in [2.05, 4.69) is 24.2 Å². The third kappa shape index (κ3) is 4.24. The molecule has 0 aliphatic heterocycles. The van der Waals surface area contributed by atoms with Gasteiger partial charge in [0.2, 0.25) is 0 Å². The molecular formula is C17H26F2N2. The summed E-state index contributed by atoms with van der Waals surface area (Å²) in [6.07, 6.45) is 5.94. The number of nitrogens with zero attached hydrogens (tertiary/aromatic N) is 1. The Labute approximate surface area is 126 Å². The molecule has 21 heavy (non-hydrogen) atoms. The fourth-order valence-electron chi connectivity index (χ4n) is 3.16. The Balaban J connectivity index is 2.11. The predicted octanol–water partition coefficient (Wildman–Crippen LogP) is 3.88. The van der Waals surface area contributed by atoms with Crippen LogP contribution in [0.3, 0.4) is 0 Å². The zero-order valence-electron chi connectivity index (χ0n) is 13.0. The van der Waals surface area contributed by atoms with Crippen LogP contribution < -0.4 is 5.32 Å². The molecule has 0 aromatic heterocycles. The van der Waals surface area contributed by atoms with Crippen molar-refractivity contribution in [3.63, 3.8) is 0 Å². The van der Waals surface area contributed by atoms with Gasteiger partial charge in [0.1, 0.15) is 0 Å². The summed E-state index contributed by atoms with van der Waals surface area (Å²) in [5.74, 6) is -1.48. The van der Waals surface area contributed by atoms with Gasteiger partial charge in [-0.2, -0.15) is 0 Å². The molecule has 0 bridgehead atoms. The summed E-state index contributed by atoms with van der Waals surface area (Å²) in [7, 11) is 2.09. The highest BCUT2D eigenvalue weighted by Crippen LogP contribution is 2.26. The number of nitrogens with one attached hydrogen (secondary N) is 1. The van der Waals surface area contributed by atoms with Gasteiger partial charge >= 0.3 is 0 Å². The molecule has 1 unspecified atom stereocenters. The van der Waals surface area contributed by atoms with Crippen molar-refractivity contribution in [1.29, 1.82) is 0 Å². The van der Waals surface area contributed by atoms with E-state index in [0.717, 1.165) is 13.0 Å². The third-order valence-corrected chi connectivity index (χ3v) is 4.42. The summed E-state index contributed by atoms with van der Waals surface area (Å²) in [5.41, 5.74) is 0.438. The van der Waals surface area contributed by atoms with Crippen molar-refractivity contribution in [2.75, 3.05) is 20.1 Å². The first-order valence-corrected chi connectivity index (χ1v) is 8.01. The fraction of sp³-hybridized carbons (Fsp3) is 0.647. The van der Waals surface area contributed by atoms with E-state index in [-0.39, 0.29) is 6.04 Å². The van der Waals surface area contributed by atoms with Crippen molar-refractivity contribution >= 4 is 0 Å². The summed E-state index contributed by atoms with van der Waals surface area (Å²) in [6, 6.07) is 4.87. The average Bonchev–Trinajstić information content (AvgIpc) is 3.01. The predicted molar refractivity (Wildman–Crippen MR) is 82.3 cm³/mol. The number of hydrogen-bond acceptors (Lipinski definition) is 2. The number of halogens is 2. The van der Waals surface area contributed by atoms with E-state index in [0.29, 0.717) is 18.2 Å². The maximum Gasteiger partial charge on any atom is 0.163 e. The molecule has 2 rings (SSSR count). The second-order valence-electron chi connectivity index (χ2n) is 6.03. The Morgan fingerprint density at radius 1 is 1.29 bits per heavy atom. The van der Waals surface area contributed by atoms with Crippen LogP contribution >= 0.6 is 0 Å². The molecule has 1 aromatic carbocycles. The first-order chi connectivity index (χ1) is 10.1. The van der Waals surface area contributed by atoms with E-state index in [1.165, 1.54) is 31.7 Å². The van der Waals surface area contributed by atoms with Crippen molar-refractivity contribution < 1.29 is 8.78 Å². The maximum atomic E-state index is 14.1. The Hall–Kier alpha value is -1.00. The van der Waals surface area contributed by atoms with E-state index < -0.39 is 11.6 Å². The largest absolute Gasteiger partial charge is 0.309 e. The summed E-state index contributed by atoms with van der Waals surface area (Å²) in [4.78, 5) is 2.30. The van der Waals surface area contributed by atoms with Crippen LogP contribution in [0.1, 0.15) is 50.6 Å².